The molecule has 1 aromatic heterocycles. The van der Waals surface area contributed by atoms with Crippen LogP contribution in [0.25, 0.3) is 11.0 Å². The summed E-state index contributed by atoms with van der Waals surface area (Å²) in [5.74, 6) is 0.172. The van der Waals surface area contributed by atoms with Gasteiger partial charge in [0.05, 0.1) is 34.7 Å². The number of methoxy groups -OCH3 is 1. The number of nitrogens with zero attached hydrogens (tertiary/aromatic N) is 6. The van der Waals surface area contributed by atoms with Crippen molar-refractivity contribution in [3.05, 3.63) is 94.4 Å². The summed E-state index contributed by atoms with van der Waals surface area (Å²) in [6.45, 7) is 4.84. The Labute approximate surface area is 256 Å². The van der Waals surface area contributed by atoms with E-state index in [4.69, 9.17) is 4.74 Å². The van der Waals surface area contributed by atoms with Gasteiger partial charge in [0, 0.05) is 45.3 Å². The standard InChI is InChI=1S/C32H34N6O5S/c1-34-16-18-35(19-17-34)25-14-15-36(22-25)31(39)30(24-6-4-3-5-7-24)37-29-20-23(21-33)8-13-28(29)38(32(37)40)44(41,42)27-11-9-26(43-2)10-12-27/h3-13,20,25,30H,14-19,22H2,1-2H3/t25-,30?/m0/s1. The Morgan fingerprint density at radius 3 is 2.32 bits per heavy atom. The van der Waals surface area contributed by atoms with E-state index in [1.165, 1.54) is 54.1 Å². The fourth-order valence-corrected chi connectivity index (χ4v) is 7.63. The van der Waals surface area contributed by atoms with Crippen molar-refractivity contribution in [1.29, 1.82) is 5.26 Å². The number of carbonyl (C=O) groups is 1. The van der Waals surface area contributed by atoms with Crippen LogP contribution in [0.3, 0.4) is 0 Å². The second kappa shape index (κ2) is 11.9. The van der Waals surface area contributed by atoms with Crippen molar-refractivity contribution in [2.24, 2.45) is 0 Å². The first-order chi connectivity index (χ1) is 21.2. The lowest BCUT2D eigenvalue weighted by Gasteiger charge is -2.36. The van der Waals surface area contributed by atoms with Gasteiger partial charge in [0.2, 0.25) is 0 Å². The largest absolute Gasteiger partial charge is 0.497 e. The van der Waals surface area contributed by atoms with Crippen LogP contribution in [-0.2, 0) is 14.8 Å². The van der Waals surface area contributed by atoms with E-state index in [1.54, 1.807) is 29.2 Å². The van der Waals surface area contributed by atoms with Crippen LogP contribution in [0.1, 0.15) is 23.6 Å². The molecule has 0 bridgehead atoms. The van der Waals surface area contributed by atoms with E-state index >= 15 is 0 Å². The SMILES string of the molecule is COc1ccc(S(=O)(=O)n2c(=O)n(C(C(=O)N3CC[C@H](N4CCN(C)CC4)C3)c3ccccc3)c3cc(C#N)ccc32)cc1. The third kappa shape index (κ3) is 5.27. The van der Waals surface area contributed by atoms with Gasteiger partial charge in [-0.15, -0.1) is 0 Å². The molecule has 2 aliphatic heterocycles. The number of carbonyl (C=O) groups excluding carboxylic acids is 1. The number of hydrogen-bond acceptors (Lipinski definition) is 8. The Morgan fingerprint density at radius 2 is 1.66 bits per heavy atom. The molecular weight excluding hydrogens is 580 g/mol. The number of rotatable bonds is 7. The molecule has 2 atom stereocenters. The summed E-state index contributed by atoms with van der Waals surface area (Å²) in [4.78, 5) is 35.2. The maximum atomic E-state index is 14.5. The van der Waals surface area contributed by atoms with Gasteiger partial charge in [0.15, 0.2) is 0 Å². The van der Waals surface area contributed by atoms with E-state index < -0.39 is 21.8 Å². The summed E-state index contributed by atoms with van der Waals surface area (Å²) in [6.07, 6.45) is 0.818. The molecule has 1 amide bonds. The lowest BCUT2D eigenvalue weighted by molar-refractivity contribution is -0.132. The van der Waals surface area contributed by atoms with Gasteiger partial charge < -0.3 is 14.5 Å². The molecule has 3 heterocycles. The van der Waals surface area contributed by atoms with Crippen molar-refractivity contribution in [2.45, 2.75) is 23.4 Å². The third-order valence-corrected chi connectivity index (χ3v) is 10.4. The average Bonchev–Trinajstić information content (AvgIpc) is 3.65. The van der Waals surface area contributed by atoms with Gasteiger partial charge in [-0.1, -0.05) is 30.3 Å². The Balaban J connectivity index is 1.48. The molecule has 228 valence electrons. The van der Waals surface area contributed by atoms with Gasteiger partial charge in [0.25, 0.3) is 15.9 Å². The van der Waals surface area contributed by atoms with Crippen LogP contribution in [0.2, 0.25) is 0 Å². The summed E-state index contributed by atoms with van der Waals surface area (Å²) in [6, 6.07) is 20.2. The van der Waals surface area contributed by atoms with Gasteiger partial charge in [0.1, 0.15) is 11.8 Å². The maximum Gasteiger partial charge on any atom is 0.344 e. The Morgan fingerprint density at radius 1 is 0.955 bits per heavy atom. The highest BCUT2D eigenvalue weighted by molar-refractivity contribution is 7.90. The summed E-state index contributed by atoms with van der Waals surface area (Å²) in [5, 5.41) is 9.70. The topological polar surface area (TPSA) is 121 Å². The van der Waals surface area contributed by atoms with Crippen LogP contribution >= 0.6 is 0 Å². The average molecular weight is 615 g/mol. The van der Waals surface area contributed by atoms with Crippen LogP contribution in [0.4, 0.5) is 0 Å². The third-order valence-electron chi connectivity index (χ3n) is 8.70. The van der Waals surface area contributed by atoms with Crippen LogP contribution < -0.4 is 10.4 Å². The zero-order valence-electron chi connectivity index (χ0n) is 24.7. The lowest BCUT2D eigenvalue weighted by Crippen LogP contribution is -2.50. The number of ether oxygens (including phenoxy) is 1. The van der Waals surface area contributed by atoms with Crippen LogP contribution in [0.15, 0.2) is 82.5 Å². The van der Waals surface area contributed by atoms with Gasteiger partial charge in [-0.3, -0.25) is 14.3 Å². The zero-order valence-corrected chi connectivity index (χ0v) is 25.5. The predicted molar refractivity (Wildman–Crippen MR) is 165 cm³/mol. The second-order valence-corrected chi connectivity index (χ2v) is 13.1. The summed E-state index contributed by atoms with van der Waals surface area (Å²) in [7, 11) is -0.820. The molecule has 6 rings (SSSR count). The number of hydrogen-bond donors (Lipinski definition) is 0. The van der Waals surface area contributed by atoms with Gasteiger partial charge in [-0.2, -0.15) is 9.23 Å². The minimum absolute atomic E-state index is 0.0790. The fraction of sp³-hybridized carbons (Fsp3) is 0.344. The lowest BCUT2D eigenvalue weighted by atomic mass is 10.0. The smallest absolute Gasteiger partial charge is 0.344 e. The van der Waals surface area contributed by atoms with E-state index in [1.807, 2.05) is 6.07 Å². The molecule has 0 aliphatic carbocycles. The maximum absolute atomic E-state index is 14.5. The van der Waals surface area contributed by atoms with E-state index in [2.05, 4.69) is 22.9 Å². The van der Waals surface area contributed by atoms with E-state index in [9.17, 15) is 23.3 Å². The van der Waals surface area contributed by atoms with Crippen molar-refractivity contribution < 1.29 is 17.9 Å². The first kappa shape index (κ1) is 29.6. The first-order valence-corrected chi connectivity index (χ1v) is 16.0. The number of nitriles is 1. The molecule has 3 aromatic carbocycles. The van der Waals surface area contributed by atoms with E-state index in [-0.39, 0.29) is 33.4 Å². The highest BCUT2D eigenvalue weighted by atomic mass is 32.2. The number of likely N-dealkylation sites (tertiary alicyclic amines) is 1. The highest BCUT2D eigenvalue weighted by Gasteiger charge is 2.38. The van der Waals surface area contributed by atoms with Crippen LogP contribution in [0, 0.1) is 11.3 Å². The van der Waals surface area contributed by atoms with E-state index in [0.717, 1.165) is 36.6 Å². The minimum Gasteiger partial charge on any atom is -0.497 e. The normalized spacial score (nSPS) is 18.8. The molecule has 1 unspecified atom stereocenters. The Kier molecular flexibility index (Phi) is 8.02. The van der Waals surface area contributed by atoms with Crippen molar-refractivity contribution in [2.75, 3.05) is 53.4 Å². The number of imidazole rings is 1. The number of likely N-dealkylation sites (N-methyl/N-ethyl adjacent to an activating group) is 1. The van der Waals surface area contributed by atoms with Gasteiger partial charge >= 0.3 is 5.69 Å². The molecule has 2 aliphatic rings. The van der Waals surface area contributed by atoms with Gasteiger partial charge in [-0.05, 0) is 61.5 Å². The molecule has 0 radical (unpaired) electrons. The molecule has 0 saturated carbocycles. The van der Waals surface area contributed by atoms with Crippen molar-refractivity contribution in [3.63, 3.8) is 0 Å². The number of piperazine rings is 1. The summed E-state index contributed by atoms with van der Waals surface area (Å²) in [5.41, 5.74) is 0.160. The fourth-order valence-electron chi connectivity index (χ4n) is 6.23. The second-order valence-electron chi connectivity index (χ2n) is 11.3. The van der Waals surface area contributed by atoms with Gasteiger partial charge in [-0.25, -0.2) is 13.2 Å². The number of benzene rings is 3. The van der Waals surface area contributed by atoms with Crippen molar-refractivity contribution in [1.82, 2.24) is 23.2 Å². The Bertz CT molecular complexity index is 1890. The number of aromatic nitrogens is 2. The number of amides is 1. The van der Waals surface area contributed by atoms with Crippen LogP contribution in [-0.4, -0.2) is 97.0 Å². The molecule has 2 fully saturated rings. The molecule has 12 heteroatoms. The van der Waals surface area contributed by atoms with Crippen molar-refractivity contribution in [3.8, 4) is 11.8 Å². The molecule has 44 heavy (non-hydrogen) atoms. The molecule has 0 spiro atoms. The van der Waals surface area contributed by atoms with Crippen molar-refractivity contribution >= 4 is 27.0 Å². The molecule has 4 aromatic rings. The Hall–Kier alpha value is -4.44. The molecule has 0 N–H and O–H groups in total. The molecule has 2 saturated heterocycles. The predicted octanol–water partition coefficient (Wildman–Crippen LogP) is 2.36. The quantitative estimate of drug-likeness (QED) is 0.311. The van der Waals surface area contributed by atoms with E-state index in [0.29, 0.717) is 24.4 Å². The first-order valence-electron chi connectivity index (χ1n) is 14.6. The summed E-state index contributed by atoms with van der Waals surface area (Å²) >= 11 is 0. The molecule has 11 nitrogen and oxygen atoms in total. The monoisotopic (exact) mass is 614 g/mol. The minimum atomic E-state index is -4.40. The summed E-state index contributed by atoms with van der Waals surface area (Å²) < 4.78 is 35.1. The molecular formula is C32H34N6O5S. The van der Waals surface area contributed by atoms with Crippen LogP contribution in [0.5, 0.6) is 5.75 Å². The highest BCUT2D eigenvalue weighted by Crippen LogP contribution is 2.30. The zero-order chi connectivity index (χ0) is 31.0. The number of fused-ring (bicyclic) bond motifs is 1.